The van der Waals surface area contributed by atoms with E-state index in [1.807, 2.05) is 13.8 Å². The highest BCUT2D eigenvalue weighted by Gasteiger charge is 2.36. The van der Waals surface area contributed by atoms with Crippen LogP contribution in [-0.4, -0.2) is 12.6 Å². The number of hydrogen-bond acceptors (Lipinski definition) is 0. The third-order valence-electron chi connectivity index (χ3n) is 1.90. The molecule has 0 fully saturated rings. The van der Waals surface area contributed by atoms with Crippen LogP contribution >= 0.6 is 0 Å². The fraction of sp³-hybridized carbons (Fsp3) is 1.00. The molecule has 0 rings (SSSR count). The summed E-state index contributed by atoms with van der Waals surface area (Å²) < 4.78 is 36.9. The second-order valence-corrected chi connectivity index (χ2v) is 4.32. The van der Waals surface area contributed by atoms with Gasteiger partial charge in [0, 0.05) is 5.41 Å². The zero-order valence-electron chi connectivity index (χ0n) is 8.07. The molecular weight excluding hydrogens is 165 g/mol. The summed E-state index contributed by atoms with van der Waals surface area (Å²) in [5.74, 6) is 0.247. The molecule has 0 aromatic rings. The summed E-state index contributed by atoms with van der Waals surface area (Å²) >= 11 is 0. The summed E-state index contributed by atoms with van der Waals surface area (Å²) in [5, 5.41) is 0. The van der Waals surface area contributed by atoms with Crippen molar-refractivity contribution in [2.75, 3.05) is 0 Å². The van der Waals surface area contributed by atoms with E-state index in [0.29, 0.717) is 6.42 Å². The predicted molar refractivity (Wildman–Crippen MR) is 44.1 cm³/mol. The van der Waals surface area contributed by atoms with Crippen molar-refractivity contribution in [3.63, 3.8) is 0 Å². The Labute approximate surface area is 72.2 Å². The molecule has 0 nitrogen and oxygen atoms in total. The Morgan fingerprint density at radius 2 is 1.50 bits per heavy atom. The van der Waals surface area contributed by atoms with Crippen molar-refractivity contribution in [3.8, 4) is 0 Å². The van der Waals surface area contributed by atoms with Gasteiger partial charge in [-0.25, -0.2) is 13.2 Å². The molecule has 0 N–H and O–H groups in total. The molecule has 1 atom stereocenters. The Morgan fingerprint density at radius 1 is 1.08 bits per heavy atom. The van der Waals surface area contributed by atoms with E-state index in [0.717, 1.165) is 0 Å². The molecule has 0 heterocycles. The van der Waals surface area contributed by atoms with Crippen molar-refractivity contribution >= 4 is 0 Å². The lowest BCUT2D eigenvalue weighted by Gasteiger charge is -2.29. The van der Waals surface area contributed by atoms with Gasteiger partial charge >= 0.3 is 0 Å². The lowest BCUT2D eigenvalue weighted by molar-refractivity contribution is -0.0250. The number of alkyl halides is 3. The van der Waals surface area contributed by atoms with E-state index >= 15 is 0 Å². The smallest absolute Gasteiger partial charge is 0.241 e. The van der Waals surface area contributed by atoms with Crippen LogP contribution in [0.4, 0.5) is 13.2 Å². The number of halogens is 3. The van der Waals surface area contributed by atoms with Crippen LogP contribution in [-0.2, 0) is 0 Å². The van der Waals surface area contributed by atoms with E-state index < -0.39 is 18.0 Å². The van der Waals surface area contributed by atoms with Crippen molar-refractivity contribution in [1.82, 2.24) is 0 Å². The molecule has 12 heavy (non-hydrogen) atoms. The highest BCUT2D eigenvalue weighted by molar-refractivity contribution is 4.80. The zero-order chi connectivity index (χ0) is 9.94. The summed E-state index contributed by atoms with van der Waals surface area (Å²) in [7, 11) is 0. The van der Waals surface area contributed by atoms with Crippen LogP contribution in [0.15, 0.2) is 0 Å². The zero-order valence-corrected chi connectivity index (χ0v) is 8.07. The third-order valence-corrected chi connectivity index (χ3v) is 1.90. The SMILES string of the molecule is CC(C)CC(C)(C)C(F)C(F)F. The van der Waals surface area contributed by atoms with Crippen molar-refractivity contribution in [2.45, 2.75) is 46.7 Å². The van der Waals surface area contributed by atoms with E-state index in [9.17, 15) is 13.2 Å². The molecule has 0 aliphatic heterocycles. The normalized spacial score (nSPS) is 15.8. The topological polar surface area (TPSA) is 0 Å². The summed E-state index contributed by atoms with van der Waals surface area (Å²) in [6, 6.07) is 0. The Kier molecular flexibility index (Phi) is 4.08. The Hall–Kier alpha value is -0.210. The first-order valence-electron chi connectivity index (χ1n) is 4.19. The maximum Gasteiger partial charge on any atom is 0.269 e. The Bertz CT molecular complexity index is 130. The van der Waals surface area contributed by atoms with Gasteiger partial charge in [0.15, 0.2) is 6.17 Å². The Balaban J connectivity index is 4.18. The molecule has 74 valence electrons. The quantitative estimate of drug-likeness (QED) is 0.622. The molecule has 0 aliphatic carbocycles. The van der Waals surface area contributed by atoms with Gasteiger partial charge in [0.2, 0.25) is 0 Å². The molecule has 3 heteroatoms. The average Bonchev–Trinajstić information content (AvgIpc) is 1.82. The van der Waals surface area contributed by atoms with Crippen LogP contribution in [0.5, 0.6) is 0 Å². The van der Waals surface area contributed by atoms with Gasteiger partial charge in [-0.3, -0.25) is 0 Å². The molecule has 0 radical (unpaired) electrons. The minimum atomic E-state index is -2.86. The van der Waals surface area contributed by atoms with Gasteiger partial charge in [-0.05, 0) is 12.3 Å². The number of rotatable bonds is 4. The molecule has 0 bridgehead atoms. The highest BCUT2D eigenvalue weighted by atomic mass is 19.3. The Morgan fingerprint density at radius 3 is 1.75 bits per heavy atom. The summed E-state index contributed by atoms with van der Waals surface area (Å²) in [6.45, 7) is 6.90. The monoisotopic (exact) mass is 182 g/mol. The van der Waals surface area contributed by atoms with Crippen molar-refractivity contribution in [1.29, 1.82) is 0 Å². The van der Waals surface area contributed by atoms with Crippen molar-refractivity contribution in [3.05, 3.63) is 0 Å². The van der Waals surface area contributed by atoms with E-state index in [-0.39, 0.29) is 5.92 Å². The first-order valence-corrected chi connectivity index (χ1v) is 4.19. The van der Waals surface area contributed by atoms with Crippen molar-refractivity contribution < 1.29 is 13.2 Å². The molecule has 0 aromatic heterocycles. The van der Waals surface area contributed by atoms with Crippen molar-refractivity contribution in [2.24, 2.45) is 11.3 Å². The fourth-order valence-electron chi connectivity index (χ4n) is 1.51. The molecule has 0 aliphatic rings. The van der Waals surface area contributed by atoms with E-state index in [1.54, 1.807) is 13.8 Å². The summed E-state index contributed by atoms with van der Waals surface area (Å²) in [6.07, 6.45) is -4.39. The van der Waals surface area contributed by atoms with Crippen LogP contribution in [0.3, 0.4) is 0 Å². The molecule has 0 saturated carbocycles. The predicted octanol–water partition coefficient (Wildman–Crippen LogP) is 3.66. The molecule has 0 saturated heterocycles. The maximum absolute atomic E-state index is 12.9. The van der Waals surface area contributed by atoms with Crippen LogP contribution in [0.2, 0.25) is 0 Å². The van der Waals surface area contributed by atoms with Gasteiger partial charge in [0.1, 0.15) is 0 Å². The fourth-order valence-corrected chi connectivity index (χ4v) is 1.51. The van der Waals surface area contributed by atoms with Gasteiger partial charge in [0.05, 0.1) is 0 Å². The van der Waals surface area contributed by atoms with E-state index in [4.69, 9.17) is 0 Å². The molecule has 0 aromatic carbocycles. The lowest BCUT2D eigenvalue weighted by Crippen LogP contribution is -2.32. The third kappa shape index (κ3) is 3.46. The number of hydrogen-bond donors (Lipinski definition) is 0. The van der Waals surface area contributed by atoms with Crippen LogP contribution in [0.1, 0.15) is 34.1 Å². The first kappa shape index (κ1) is 11.8. The van der Waals surface area contributed by atoms with Gasteiger partial charge < -0.3 is 0 Å². The van der Waals surface area contributed by atoms with Crippen LogP contribution < -0.4 is 0 Å². The minimum absolute atomic E-state index is 0.247. The average molecular weight is 182 g/mol. The van der Waals surface area contributed by atoms with Crippen LogP contribution in [0, 0.1) is 11.3 Å². The second kappa shape index (κ2) is 4.15. The second-order valence-electron chi connectivity index (χ2n) is 4.32. The molecule has 1 unspecified atom stereocenters. The molecule has 0 spiro atoms. The molecular formula is C9H17F3. The van der Waals surface area contributed by atoms with E-state index in [1.165, 1.54) is 0 Å². The maximum atomic E-state index is 12.9. The largest absolute Gasteiger partial charge is 0.269 e. The summed E-state index contributed by atoms with van der Waals surface area (Å²) in [4.78, 5) is 0. The standard InChI is InChI=1S/C9H17F3/c1-6(2)5-9(3,4)7(10)8(11)12/h6-8H,5H2,1-4H3. The highest BCUT2D eigenvalue weighted by Crippen LogP contribution is 2.34. The van der Waals surface area contributed by atoms with E-state index in [2.05, 4.69) is 0 Å². The minimum Gasteiger partial charge on any atom is -0.241 e. The van der Waals surface area contributed by atoms with Gasteiger partial charge in [-0.2, -0.15) is 0 Å². The van der Waals surface area contributed by atoms with Gasteiger partial charge in [-0.1, -0.05) is 27.7 Å². The summed E-state index contributed by atoms with van der Waals surface area (Å²) in [5.41, 5.74) is -0.914. The van der Waals surface area contributed by atoms with Gasteiger partial charge in [0.25, 0.3) is 6.43 Å². The van der Waals surface area contributed by atoms with Crippen LogP contribution in [0.25, 0.3) is 0 Å². The van der Waals surface area contributed by atoms with Gasteiger partial charge in [-0.15, -0.1) is 0 Å². The first-order chi connectivity index (χ1) is 5.27. The molecule has 0 amide bonds. The lowest BCUT2D eigenvalue weighted by atomic mass is 9.80.